The first kappa shape index (κ1) is 16.2. The molecule has 0 radical (unpaired) electrons. The number of methoxy groups -OCH3 is 2. The smallest absolute Gasteiger partial charge is 0.356 e. The number of ether oxygens (including phenoxy) is 2. The van der Waals surface area contributed by atoms with Crippen molar-refractivity contribution in [1.82, 2.24) is 15.3 Å². The summed E-state index contributed by atoms with van der Waals surface area (Å²) in [5, 5.41) is 3.75. The monoisotopic (exact) mass is 321 g/mol. The van der Waals surface area contributed by atoms with Crippen molar-refractivity contribution >= 4 is 17.6 Å². The molecule has 22 heavy (non-hydrogen) atoms. The molecule has 0 bridgehead atoms. The molecule has 0 aliphatic carbocycles. The average molecular weight is 322 g/mol. The van der Waals surface area contributed by atoms with Gasteiger partial charge in [0.2, 0.25) is 5.88 Å². The highest BCUT2D eigenvalue weighted by Gasteiger charge is 2.08. The molecule has 2 rings (SSSR count). The summed E-state index contributed by atoms with van der Waals surface area (Å²) < 4.78 is 9.67. The second-order valence-electron chi connectivity index (χ2n) is 4.44. The summed E-state index contributed by atoms with van der Waals surface area (Å²) in [4.78, 5) is 19.4. The summed E-state index contributed by atoms with van der Waals surface area (Å²) >= 11 is 6.17. The van der Waals surface area contributed by atoms with Crippen molar-refractivity contribution in [2.75, 3.05) is 14.2 Å². The van der Waals surface area contributed by atoms with Crippen LogP contribution in [0.15, 0.2) is 30.6 Å². The lowest BCUT2D eigenvalue weighted by Gasteiger charge is -2.09. The zero-order chi connectivity index (χ0) is 15.9. The predicted molar refractivity (Wildman–Crippen MR) is 81.9 cm³/mol. The number of hydrogen-bond donors (Lipinski definition) is 1. The Kier molecular flexibility index (Phi) is 5.68. The largest absolute Gasteiger partial charge is 0.480 e. The van der Waals surface area contributed by atoms with Gasteiger partial charge in [-0.25, -0.2) is 14.8 Å². The first-order valence-corrected chi connectivity index (χ1v) is 6.95. The van der Waals surface area contributed by atoms with Crippen LogP contribution in [0.2, 0.25) is 5.02 Å². The van der Waals surface area contributed by atoms with Gasteiger partial charge < -0.3 is 14.8 Å². The fraction of sp³-hybridized carbons (Fsp3) is 0.267. The predicted octanol–water partition coefficient (Wildman–Crippen LogP) is 2.21. The second-order valence-corrected chi connectivity index (χ2v) is 4.82. The first-order valence-electron chi connectivity index (χ1n) is 6.57. The molecule has 2 heterocycles. The molecular weight excluding hydrogens is 306 g/mol. The molecule has 0 fully saturated rings. The number of carbonyl (C=O) groups is 1. The van der Waals surface area contributed by atoms with Gasteiger partial charge in [-0.15, -0.1) is 0 Å². The normalized spacial score (nSPS) is 10.3. The maximum absolute atomic E-state index is 11.3. The van der Waals surface area contributed by atoms with Gasteiger partial charge in [-0.2, -0.15) is 0 Å². The van der Waals surface area contributed by atoms with Crippen molar-refractivity contribution in [1.29, 1.82) is 0 Å². The van der Waals surface area contributed by atoms with Crippen LogP contribution in [0, 0.1) is 0 Å². The Hall–Kier alpha value is -2.18. The fourth-order valence-corrected chi connectivity index (χ4v) is 2.09. The van der Waals surface area contributed by atoms with Gasteiger partial charge in [0.25, 0.3) is 0 Å². The Morgan fingerprint density at radius 3 is 2.68 bits per heavy atom. The lowest BCUT2D eigenvalue weighted by molar-refractivity contribution is 0.0594. The van der Waals surface area contributed by atoms with Crippen molar-refractivity contribution in [3.8, 4) is 5.88 Å². The molecule has 7 heteroatoms. The average Bonchev–Trinajstić information content (AvgIpc) is 2.56. The Labute approximate surface area is 133 Å². The van der Waals surface area contributed by atoms with E-state index in [-0.39, 0.29) is 5.69 Å². The molecule has 0 amide bonds. The number of aromatic nitrogens is 2. The van der Waals surface area contributed by atoms with Crippen LogP contribution in [0.25, 0.3) is 0 Å². The minimum absolute atomic E-state index is 0.285. The number of carbonyl (C=O) groups excluding carboxylic acids is 1. The van der Waals surface area contributed by atoms with Crippen LogP contribution in [0.5, 0.6) is 5.88 Å². The molecule has 0 spiro atoms. The first-order chi connectivity index (χ1) is 10.7. The highest BCUT2D eigenvalue weighted by molar-refractivity contribution is 6.32. The Bertz CT molecular complexity index is 647. The van der Waals surface area contributed by atoms with Gasteiger partial charge in [0, 0.05) is 25.5 Å². The van der Waals surface area contributed by atoms with Crippen LogP contribution >= 0.6 is 11.6 Å². The van der Waals surface area contributed by atoms with Crippen LogP contribution in [0.4, 0.5) is 0 Å². The van der Waals surface area contributed by atoms with Crippen molar-refractivity contribution in [3.63, 3.8) is 0 Å². The van der Waals surface area contributed by atoms with E-state index in [1.54, 1.807) is 18.5 Å². The molecule has 1 N–H and O–H groups in total. The number of rotatable bonds is 6. The zero-order valence-electron chi connectivity index (χ0n) is 12.3. The van der Waals surface area contributed by atoms with Gasteiger partial charge in [0.1, 0.15) is 10.7 Å². The van der Waals surface area contributed by atoms with Crippen LogP contribution < -0.4 is 10.1 Å². The molecule has 0 atom stereocenters. The van der Waals surface area contributed by atoms with Crippen molar-refractivity contribution in [2.45, 2.75) is 13.1 Å². The molecule has 2 aromatic heterocycles. The van der Waals surface area contributed by atoms with E-state index < -0.39 is 5.97 Å². The zero-order valence-corrected chi connectivity index (χ0v) is 13.1. The maximum atomic E-state index is 11.3. The van der Waals surface area contributed by atoms with E-state index in [1.807, 2.05) is 12.1 Å². The minimum Gasteiger partial charge on any atom is -0.480 e. The number of esters is 1. The summed E-state index contributed by atoms with van der Waals surface area (Å²) in [6.07, 6.45) is 3.28. The summed E-state index contributed by atoms with van der Waals surface area (Å²) in [6, 6.07) is 5.28. The van der Waals surface area contributed by atoms with E-state index in [4.69, 9.17) is 16.3 Å². The van der Waals surface area contributed by atoms with Crippen LogP contribution in [0.1, 0.15) is 21.6 Å². The standard InChI is InChI=1S/C15H16ClN3O3/c1-21-14-13(16)11(5-6-18-14)9-17-7-10-3-4-12(19-8-10)15(20)22-2/h3-6,8,17H,7,9H2,1-2H3. The van der Waals surface area contributed by atoms with E-state index in [0.717, 1.165) is 11.1 Å². The summed E-state index contributed by atoms with van der Waals surface area (Å²) in [5.74, 6) is -0.0414. The van der Waals surface area contributed by atoms with Gasteiger partial charge in [-0.3, -0.25) is 0 Å². The molecular formula is C15H16ClN3O3. The molecule has 0 aliphatic rings. The van der Waals surface area contributed by atoms with Crippen LogP contribution in [0.3, 0.4) is 0 Å². The minimum atomic E-state index is -0.449. The highest BCUT2D eigenvalue weighted by atomic mass is 35.5. The topological polar surface area (TPSA) is 73.3 Å². The van der Waals surface area contributed by atoms with Crippen molar-refractivity contribution in [2.24, 2.45) is 0 Å². The fourth-order valence-electron chi connectivity index (χ4n) is 1.84. The molecule has 2 aromatic rings. The third-order valence-corrected chi connectivity index (χ3v) is 3.40. The number of pyridine rings is 2. The van der Waals surface area contributed by atoms with Gasteiger partial charge in [0.05, 0.1) is 14.2 Å². The van der Waals surface area contributed by atoms with Gasteiger partial charge in [0.15, 0.2) is 0 Å². The SMILES string of the molecule is COC(=O)c1ccc(CNCc2ccnc(OC)c2Cl)cn1. The van der Waals surface area contributed by atoms with Crippen molar-refractivity contribution < 1.29 is 14.3 Å². The van der Waals surface area contributed by atoms with Gasteiger partial charge >= 0.3 is 5.97 Å². The molecule has 0 saturated heterocycles. The second kappa shape index (κ2) is 7.72. The summed E-state index contributed by atoms with van der Waals surface area (Å²) in [5.41, 5.74) is 2.13. The molecule has 0 unspecified atom stereocenters. The lowest BCUT2D eigenvalue weighted by Crippen LogP contribution is -2.14. The van der Waals surface area contributed by atoms with E-state index in [9.17, 15) is 4.79 Å². The number of nitrogens with zero attached hydrogens (tertiary/aromatic N) is 2. The number of nitrogens with one attached hydrogen (secondary N) is 1. The molecule has 0 aromatic carbocycles. The highest BCUT2D eigenvalue weighted by Crippen LogP contribution is 2.24. The summed E-state index contributed by atoms with van der Waals surface area (Å²) in [6.45, 7) is 1.16. The van der Waals surface area contributed by atoms with E-state index >= 15 is 0 Å². The van der Waals surface area contributed by atoms with Crippen LogP contribution in [-0.2, 0) is 17.8 Å². The Morgan fingerprint density at radius 2 is 2.05 bits per heavy atom. The Balaban J connectivity index is 1.93. The van der Waals surface area contributed by atoms with Crippen molar-refractivity contribution in [3.05, 3.63) is 52.4 Å². The number of hydrogen-bond acceptors (Lipinski definition) is 6. The van der Waals surface area contributed by atoms with Gasteiger partial charge in [-0.1, -0.05) is 17.7 Å². The Morgan fingerprint density at radius 1 is 1.23 bits per heavy atom. The van der Waals surface area contributed by atoms with E-state index in [0.29, 0.717) is 24.0 Å². The van der Waals surface area contributed by atoms with Gasteiger partial charge in [-0.05, 0) is 23.3 Å². The molecule has 0 saturated carbocycles. The van der Waals surface area contributed by atoms with E-state index in [1.165, 1.54) is 14.2 Å². The molecule has 116 valence electrons. The third kappa shape index (κ3) is 3.93. The van der Waals surface area contributed by atoms with E-state index in [2.05, 4.69) is 20.0 Å². The molecule has 0 aliphatic heterocycles. The molecule has 6 nitrogen and oxygen atoms in total. The maximum Gasteiger partial charge on any atom is 0.356 e. The lowest BCUT2D eigenvalue weighted by atomic mass is 10.2. The third-order valence-electron chi connectivity index (χ3n) is 2.99. The van der Waals surface area contributed by atoms with Crippen LogP contribution in [-0.4, -0.2) is 30.2 Å². The number of halogens is 1. The summed E-state index contributed by atoms with van der Waals surface area (Å²) in [7, 11) is 2.85. The quantitative estimate of drug-likeness (QED) is 0.822.